The Morgan fingerprint density at radius 1 is 1.28 bits per heavy atom. The summed E-state index contributed by atoms with van der Waals surface area (Å²) >= 11 is 2.03. The minimum atomic E-state index is -0.700. The van der Waals surface area contributed by atoms with Gasteiger partial charge in [0.1, 0.15) is 4.05 Å². The van der Waals surface area contributed by atoms with Crippen LogP contribution in [0.25, 0.3) is 0 Å². The zero-order valence-corrected chi connectivity index (χ0v) is 14.5. The van der Waals surface area contributed by atoms with Gasteiger partial charge in [-0.25, -0.2) is 0 Å². The highest BCUT2D eigenvalue weighted by molar-refractivity contribution is 14.1. The first-order valence-corrected chi connectivity index (χ1v) is 7.35. The van der Waals surface area contributed by atoms with Crippen LogP contribution >= 0.6 is 35.0 Å². The first-order valence-electron chi connectivity index (χ1n) is 6.11. The molecule has 0 rings (SSSR count). The molecule has 0 aliphatic heterocycles. The molecule has 0 fully saturated rings. The molecular weight excluding hydrogens is 367 g/mol. The number of rotatable bonds is 7. The van der Waals surface area contributed by atoms with E-state index in [2.05, 4.69) is 19.2 Å². The summed E-state index contributed by atoms with van der Waals surface area (Å²) < 4.78 is -0.326. The van der Waals surface area contributed by atoms with Crippen LogP contribution < -0.4 is 11.1 Å². The SMILES string of the molecule is CC(C)CC(=O)NC(I)C(O)C(N)CC(C)C.Cl. The van der Waals surface area contributed by atoms with Gasteiger partial charge in [-0.1, -0.05) is 50.3 Å². The van der Waals surface area contributed by atoms with Crippen molar-refractivity contribution in [3.63, 3.8) is 0 Å². The fraction of sp³-hybridized carbons (Fsp3) is 0.917. The molecule has 0 saturated heterocycles. The Morgan fingerprint density at radius 2 is 1.78 bits per heavy atom. The molecule has 0 aliphatic rings. The van der Waals surface area contributed by atoms with Gasteiger partial charge in [-0.05, 0) is 18.3 Å². The molecule has 0 saturated carbocycles. The predicted octanol–water partition coefficient (Wildman–Crippen LogP) is 2.07. The Bertz CT molecular complexity index is 240. The quantitative estimate of drug-likeness (QED) is 0.353. The van der Waals surface area contributed by atoms with Gasteiger partial charge in [-0.2, -0.15) is 0 Å². The number of carbonyl (C=O) groups excluding carboxylic acids is 1. The predicted molar refractivity (Wildman–Crippen MR) is 86.1 cm³/mol. The molecule has 6 heteroatoms. The Balaban J connectivity index is 0. The molecule has 1 amide bonds. The summed E-state index contributed by atoms with van der Waals surface area (Å²) in [6, 6.07) is -0.295. The third kappa shape index (κ3) is 9.35. The first-order chi connectivity index (χ1) is 7.73. The van der Waals surface area contributed by atoms with Gasteiger partial charge in [0.25, 0.3) is 0 Å². The van der Waals surface area contributed by atoms with Gasteiger partial charge in [-0.3, -0.25) is 4.79 Å². The van der Waals surface area contributed by atoms with Crippen LogP contribution in [0, 0.1) is 11.8 Å². The third-order valence-electron chi connectivity index (χ3n) is 2.37. The molecule has 0 bridgehead atoms. The molecule has 0 aromatic rings. The summed E-state index contributed by atoms with van der Waals surface area (Å²) in [4.78, 5) is 11.5. The second kappa shape index (κ2) is 10.2. The number of carbonyl (C=O) groups is 1. The monoisotopic (exact) mass is 392 g/mol. The van der Waals surface area contributed by atoms with Gasteiger partial charge >= 0.3 is 0 Å². The summed E-state index contributed by atoms with van der Waals surface area (Å²) in [7, 11) is 0. The summed E-state index contributed by atoms with van der Waals surface area (Å²) in [5.41, 5.74) is 5.89. The number of nitrogens with two attached hydrogens (primary N) is 1. The Labute approximate surface area is 130 Å². The molecule has 4 N–H and O–H groups in total. The molecule has 0 aromatic carbocycles. The van der Waals surface area contributed by atoms with Crippen molar-refractivity contribution in [2.45, 2.75) is 56.7 Å². The molecule has 0 aliphatic carbocycles. The van der Waals surface area contributed by atoms with E-state index in [1.54, 1.807) is 0 Å². The number of hydrogen-bond acceptors (Lipinski definition) is 3. The fourth-order valence-corrected chi connectivity index (χ4v) is 2.45. The number of aliphatic hydroxyl groups excluding tert-OH is 1. The molecule has 3 unspecified atom stereocenters. The fourth-order valence-electron chi connectivity index (χ4n) is 1.57. The molecule has 0 heterocycles. The highest BCUT2D eigenvalue weighted by Crippen LogP contribution is 2.13. The van der Waals surface area contributed by atoms with Crippen LogP contribution in [0.1, 0.15) is 40.5 Å². The average Bonchev–Trinajstić information content (AvgIpc) is 2.13. The first kappa shape index (κ1) is 20.7. The molecule has 0 radical (unpaired) electrons. The normalized spacial score (nSPS) is 16.1. The van der Waals surface area contributed by atoms with Crippen molar-refractivity contribution in [2.24, 2.45) is 17.6 Å². The van der Waals surface area contributed by atoms with Crippen molar-refractivity contribution in [3.8, 4) is 0 Å². The molecule has 3 atom stereocenters. The van der Waals surface area contributed by atoms with Crippen molar-refractivity contribution in [1.82, 2.24) is 5.32 Å². The van der Waals surface area contributed by atoms with Crippen molar-refractivity contribution in [2.75, 3.05) is 0 Å². The largest absolute Gasteiger partial charge is 0.389 e. The second-order valence-electron chi connectivity index (χ2n) is 5.35. The van der Waals surface area contributed by atoms with E-state index in [1.165, 1.54) is 0 Å². The van der Waals surface area contributed by atoms with Crippen molar-refractivity contribution < 1.29 is 9.90 Å². The molecule has 0 spiro atoms. The van der Waals surface area contributed by atoms with Crippen LogP contribution in [0.2, 0.25) is 0 Å². The van der Waals surface area contributed by atoms with E-state index in [-0.39, 0.29) is 28.4 Å². The minimum Gasteiger partial charge on any atom is -0.389 e. The van der Waals surface area contributed by atoms with Crippen LogP contribution in [0.5, 0.6) is 0 Å². The van der Waals surface area contributed by atoms with Gasteiger partial charge in [0.2, 0.25) is 5.91 Å². The zero-order valence-electron chi connectivity index (χ0n) is 11.5. The second-order valence-corrected chi connectivity index (χ2v) is 6.69. The van der Waals surface area contributed by atoms with E-state index >= 15 is 0 Å². The van der Waals surface area contributed by atoms with E-state index in [0.29, 0.717) is 18.3 Å². The van der Waals surface area contributed by atoms with Crippen LogP contribution in [0.15, 0.2) is 0 Å². The van der Waals surface area contributed by atoms with E-state index < -0.39 is 6.10 Å². The standard InChI is InChI=1S/C12H25IN2O2.ClH/c1-7(2)5-9(14)11(17)12(13)15-10(16)6-8(3)4;/h7-9,11-12,17H,5-6,14H2,1-4H3,(H,15,16);1H. The maximum absolute atomic E-state index is 11.5. The molecule has 110 valence electrons. The summed E-state index contributed by atoms with van der Waals surface area (Å²) in [6.45, 7) is 8.10. The number of amides is 1. The van der Waals surface area contributed by atoms with E-state index in [9.17, 15) is 9.90 Å². The summed E-state index contributed by atoms with van der Waals surface area (Å²) in [5.74, 6) is 0.727. The lowest BCUT2D eigenvalue weighted by atomic mass is 10.00. The topological polar surface area (TPSA) is 75.3 Å². The maximum Gasteiger partial charge on any atom is 0.221 e. The third-order valence-corrected chi connectivity index (χ3v) is 3.42. The summed E-state index contributed by atoms with van der Waals surface area (Å²) in [5, 5.41) is 12.8. The zero-order chi connectivity index (χ0) is 13.6. The maximum atomic E-state index is 11.5. The van der Waals surface area contributed by atoms with Crippen molar-refractivity contribution >= 4 is 40.9 Å². The lowest BCUT2D eigenvalue weighted by molar-refractivity contribution is -0.122. The Morgan fingerprint density at radius 3 is 2.17 bits per heavy atom. The number of alkyl halides is 1. The van der Waals surface area contributed by atoms with Gasteiger partial charge in [0.05, 0.1) is 6.10 Å². The van der Waals surface area contributed by atoms with Crippen molar-refractivity contribution in [3.05, 3.63) is 0 Å². The minimum absolute atomic E-state index is 0. The molecular formula is C12H26ClIN2O2. The number of hydrogen-bond donors (Lipinski definition) is 3. The lowest BCUT2D eigenvalue weighted by Gasteiger charge is -2.25. The van der Waals surface area contributed by atoms with E-state index in [0.717, 1.165) is 6.42 Å². The van der Waals surface area contributed by atoms with Crippen LogP contribution in [0.3, 0.4) is 0 Å². The highest BCUT2D eigenvalue weighted by Gasteiger charge is 2.25. The van der Waals surface area contributed by atoms with Crippen molar-refractivity contribution in [1.29, 1.82) is 0 Å². The van der Waals surface area contributed by atoms with Gasteiger partial charge in [-0.15, -0.1) is 12.4 Å². The molecule has 0 aromatic heterocycles. The highest BCUT2D eigenvalue weighted by atomic mass is 127. The molecule has 4 nitrogen and oxygen atoms in total. The van der Waals surface area contributed by atoms with Crippen LogP contribution in [0.4, 0.5) is 0 Å². The van der Waals surface area contributed by atoms with E-state index in [1.807, 2.05) is 36.4 Å². The smallest absolute Gasteiger partial charge is 0.221 e. The Hall–Kier alpha value is 0.410. The average molecular weight is 393 g/mol. The van der Waals surface area contributed by atoms with Gasteiger partial charge in [0.15, 0.2) is 0 Å². The molecule has 18 heavy (non-hydrogen) atoms. The summed E-state index contributed by atoms with van der Waals surface area (Å²) in [6.07, 6.45) is 0.529. The Kier molecular flexibility index (Phi) is 11.8. The number of aliphatic hydroxyl groups is 1. The van der Waals surface area contributed by atoms with Gasteiger partial charge < -0.3 is 16.2 Å². The van der Waals surface area contributed by atoms with Gasteiger partial charge in [0, 0.05) is 12.5 Å². The van der Waals surface area contributed by atoms with Crippen LogP contribution in [-0.2, 0) is 4.79 Å². The number of halogens is 2. The van der Waals surface area contributed by atoms with E-state index in [4.69, 9.17) is 5.73 Å². The lowest BCUT2D eigenvalue weighted by Crippen LogP contribution is -2.48. The van der Waals surface area contributed by atoms with Crippen LogP contribution in [-0.4, -0.2) is 27.2 Å². The number of nitrogens with one attached hydrogen (secondary N) is 1.